The fourth-order valence-corrected chi connectivity index (χ4v) is 6.37. The molecule has 3 aromatic rings. The predicted molar refractivity (Wildman–Crippen MR) is 134 cm³/mol. The molecule has 6 rings (SSSR count). The summed E-state index contributed by atoms with van der Waals surface area (Å²) < 4.78 is 0. The second kappa shape index (κ2) is 9.21. The first-order valence-corrected chi connectivity index (χ1v) is 12.7. The minimum atomic E-state index is -0.192. The molecule has 7 nitrogen and oxygen atoms in total. The monoisotopic (exact) mass is 469 g/mol. The SMILES string of the molecule is O=C(N[C@@H]1CCCC[C@@H]1C(=O)N1CCC2C(c3ccn[nH]3)Nc3ccccc3C21)c1ccccc1. The molecule has 1 aromatic heterocycles. The van der Waals surface area contributed by atoms with Crippen LogP contribution in [0.5, 0.6) is 0 Å². The van der Waals surface area contributed by atoms with Crippen LogP contribution in [0, 0.1) is 11.8 Å². The van der Waals surface area contributed by atoms with Gasteiger partial charge in [-0.2, -0.15) is 5.10 Å². The number of hydrogen-bond donors (Lipinski definition) is 3. The molecule has 5 atom stereocenters. The summed E-state index contributed by atoms with van der Waals surface area (Å²) in [7, 11) is 0. The molecule has 2 amide bonds. The molecule has 35 heavy (non-hydrogen) atoms. The second-order valence-corrected chi connectivity index (χ2v) is 9.99. The molecule has 1 aliphatic carbocycles. The lowest BCUT2D eigenvalue weighted by Gasteiger charge is -2.41. The van der Waals surface area contributed by atoms with E-state index in [0.29, 0.717) is 5.56 Å². The van der Waals surface area contributed by atoms with Gasteiger partial charge in [0.15, 0.2) is 0 Å². The van der Waals surface area contributed by atoms with Gasteiger partial charge >= 0.3 is 0 Å². The maximum absolute atomic E-state index is 14.1. The van der Waals surface area contributed by atoms with Crippen LogP contribution >= 0.6 is 0 Å². The fraction of sp³-hybridized carbons (Fsp3) is 0.393. The lowest BCUT2D eigenvalue weighted by Crippen LogP contribution is -2.50. The Balaban J connectivity index is 1.27. The van der Waals surface area contributed by atoms with Gasteiger partial charge in [-0.05, 0) is 49.1 Å². The number of fused-ring (bicyclic) bond motifs is 3. The van der Waals surface area contributed by atoms with Crippen molar-refractivity contribution in [2.75, 3.05) is 11.9 Å². The number of hydrogen-bond acceptors (Lipinski definition) is 4. The maximum atomic E-state index is 14.1. The zero-order chi connectivity index (χ0) is 23.8. The summed E-state index contributed by atoms with van der Waals surface area (Å²) in [5.74, 6) is 0.148. The summed E-state index contributed by atoms with van der Waals surface area (Å²) in [6.45, 7) is 0.727. The molecule has 180 valence electrons. The summed E-state index contributed by atoms with van der Waals surface area (Å²) in [6.07, 6.45) is 6.42. The summed E-state index contributed by atoms with van der Waals surface area (Å²) in [5.41, 5.74) is 3.94. The lowest BCUT2D eigenvalue weighted by atomic mass is 9.80. The first kappa shape index (κ1) is 21.9. The van der Waals surface area contributed by atoms with Gasteiger partial charge in [-0.3, -0.25) is 14.7 Å². The number of nitrogens with one attached hydrogen (secondary N) is 3. The molecule has 0 bridgehead atoms. The summed E-state index contributed by atoms with van der Waals surface area (Å²) in [4.78, 5) is 29.1. The summed E-state index contributed by atoms with van der Waals surface area (Å²) >= 11 is 0. The molecule has 2 aromatic carbocycles. The van der Waals surface area contributed by atoms with Crippen molar-refractivity contribution in [1.29, 1.82) is 0 Å². The van der Waals surface area contributed by atoms with Crippen molar-refractivity contribution in [3.8, 4) is 0 Å². The van der Waals surface area contributed by atoms with Crippen LogP contribution in [0.3, 0.4) is 0 Å². The quantitative estimate of drug-likeness (QED) is 0.526. The third kappa shape index (κ3) is 3.99. The zero-order valence-electron chi connectivity index (χ0n) is 19.7. The normalized spacial score (nSPS) is 27.4. The van der Waals surface area contributed by atoms with E-state index < -0.39 is 0 Å². The lowest BCUT2D eigenvalue weighted by molar-refractivity contribution is -0.138. The molecule has 0 radical (unpaired) electrons. The molecule has 0 spiro atoms. The van der Waals surface area contributed by atoms with E-state index in [1.54, 1.807) is 6.20 Å². The van der Waals surface area contributed by atoms with E-state index in [4.69, 9.17) is 0 Å². The number of rotatable bonds is 4. The zero-order valence-corrected chi connectivity index (χ0v) is 19.7. The van der Waals surface area contributed by atoms with E-state index in [-0.39, 0.29) is 41.8 Å². The third-order valence-corrected chi connectivity index (χ3v) is 8.04. The Morgan fingerprint density at radius 2 is 1.74 bits per heavy atom. The fourth-order valence-electron chi connectivity index (χ4n) is 6.37. The molecular weight excluding hydrogens is 438 g/mol. The maximum Gasteiger partial charge on any atom is 0.251 e. The Bertz CT molecular complexity index is 1200. The van der Waals surface area contributed by atoms with Gasteiger partial charge in [-0.1, -0.05) is 49.2 Å². The number of carbonyl (C=O) groups is 2. The molecule has 2 fully saturated rings. The number of H-pyrrole nitrogens is 1. The van der Waals surface area contributed by atoms with Crippen molar-refractivity contribution in [1.82, 2.24) is 20.4 Å². The number of anilines is 1. The summed E-state index contributed by atoms with van der Waals surface area (Å²) in [6, 6.07) is 19.6. The molecule has 3 aliphatic rings. The molecule has 2 aliphatic heterocycles. The van der Waals surface area contributed by atoms with E-state index >= 15 is 0 Å². The van der Waals surface area contributed by atoms with Crippen LogP contribution in [0.25, 0.3) is 0 Å². The highest BCUT2D eigenvalue weighted by molar-refractivity contribution is 5.94. The van der Waals surface area contributed by atoms with Crippen molar-refractivity contribution in [3.63, 3.8) is 0 Å². The van der Waals surface area contributed by atoms with Gasteiger partial charge in [0.1, 0.15) is 0 Å². The topological polar surface area (TPSA) is 90.1 Å². The largest absolute Gasteiger partial charge is 0.376 e. The van der Waals surface area contributed by atoms with Gasteiger partial charge in [0, 0.05) is 36.0 Å². The molecule has 3 N–H and O–H groups in total. The number of likely N-dealkylation sites (tertiary alicyclic amines) is 1. The third-order valence-electron chi connectivity index (χ3n) is 8.04. The highest BCUT2D eigenvalue weighted by Gasteiger charge is 2.48. The Morgan fingerprint density at radius 1 is 0.943 bits per heavy atom. The van der Waals surface area contributed by atoms with Crippen molar-refractivity contribution in [2.24, 2.45) is 11.8 Å². The standard InChI is InChI=1S/C28H31N5O2/c34-27(18-8-2-1-3-9-18)31-23-13-7-5-11-20(23)28(35)33-17-15-21-25(24-14-16-29-32-24)30-22-12-6-4-10-19(22)26(21)33/h1-4,6,8-10,12,14,16,20-21,23,25-26,30H,5,7,11,13,15,17H2,(H,29,32)(H,31,34)/t20-,21?,23+,25?,26?/m0/s1. The van der Waals surface area contributed by atoms with E-state index in [9.17, 15) is 9.59 Å². The van der Waals surface area contributed by atoms with Crippen LogP contribution in [-0.4, -0.2) is 39.5 Å². The molecular formula is C28H31N5O2. The van der Waals surface area contributed by atoms with Crippen LogP contribution in [0.2, 0.25) is 0 Å². The van der Waals surface area contributed by atoms with Crippen molar-refractivity contribution < 1.29 is 9.59 Å². The minimum Gasteiger partial charge on any atom is -0.376 e. The van der Waals surface area contributed by atoms with E-state index in [1.165, 1.54) is 5.56 Å². The van der Waals surface area contributed by atoms with Gasteiger partial charge in [0.2, 0.25) is 5.91 Å². The number of aromatic nitrogens is 2. The predicted octanol–water partition coefficient (Wildman–Crippen LogP) is 4.45. The van der Waals surface area contributed by atoms with E-state index in [0.717, 1.165) is 50.0 Å². The van der Waals surface area contributed by atoms with E-state index in [2.05, 4.69) is 43.9 Å². The van der Waals surface area contributed by atoms with Crippen molar-refractivity contribution in [3.05, 3.63) is 83.7 Å². The van der Waals surface area contributed by atoms with Crippen LogP contribution in [0.1, 0.15) is 65.8 Å². The van der Waals surface area contributed by atoms with E-state index in [1.807, 2.05) is 42.5 Å². The minimum absolute atomic E-state index is 0.0145. The molecule has 7 heteroatoms. The van der Waals surface area contributed by atoms with Gasteiger partial charge < -0.3 is 15.5 Å². The average Bonchev–Trinajstić information content (AvgIpc) is 3.60. The molecule has 3 heterocycles. The molecule has 1 saturated carbocycles. The number of carbonyl (C=O) groups excluding carboxylic acids is 2. The molecule has 3 unspecified atom stereocenters. The first-order chi connectivity index (χ1) is 17.2. The number of benzene rings is 2. The van der Waals surface area contributed by atoms with Crippen molar-refractivity contribution in [2.45, 2.75) is 50.2 Å². The smallest absolute Gasteiger partial charge is 0.251 e. The Labute approximate surface area is 205 Å². The number of aromatic amines is 1. The van der Waals surface area contributed by atoms with Crippen LogP contribution in [0.15, 0.2) is 66.9 Å². The summed E-state index contributed by atoms with van der Waals surface area (Å²) in [5, 5.41) is 14.2. The van der Waals surface area contributed by atoms with Gasteiger partial charge in [0.25, 0.3) is 5.91 Å². The highest BCUT2D eigenvalue weighted by Crippen LogP contribution is 2.51. The number of amides is 2. The second-order valence-electron chi connectivity index (χ2n) is 9.99. The Kier molecular flexibility index (Phi) is 5.76. The average molecular weight is 470 g/mol. The van der Waals surface area contributed by atoms with Crippen molar-refractivity contribution >= 4 is 17.5 Å². The van der Waals surface area contributed by atoms with Gasteiger partial charge in [-0.15, -0.1) is 0 Å². The van der Waals surface area contributed by atoms with Gasteiger partial charge in [0.05, 0.1) is 23.7 Å². The van der Waals surface area contributed by atoms with Crippen LogP contribution < -0.4 is 10.6 Å². The van der Waals surface area contributed by atoms with Crippen LogP contribution in [-0.2, 0) is 4.79 Å². The number of nitrogens with zero attached hydrogens (tertiary/aromatic N) is 2. The highest BCUT2D eigenvalue weighted by atomic mass is 16.2. The van der Waals surface area contributed by atoms with Crippen LogP contribution in [0.4, 0.5) is 5.69 Å². The molecule has 1 saturated heterocycles. The van der Waals surface area contributed by atoms with Gasteiger partial charge in [-0.25, -0.2) is 0 Å². The number of para-hydroxylation sites is 1. The first-order valence-electron chi connectivity index (χ1n) is 12.7. The Morgan fingerprint density at radius 3 is 2.57 bits per heavy atom. The Hall–Kier alpha value is -3.61.